The highest BCUT2D eigenvalue weighted by Gasteiger charge is 2.31. The zero-order chi connectivity index (χ0) is 30.1. The number of carboxylic acid groups (broad SMARTS) is 1. The molecule has 2 aliphatic carbocycles. The van der Waals surface area contributed by atoms with Gasteiger partial charge in [0, 0.05) is 25.1 Å². The molecule has 8 nitrogen and oxygen atoms in total. The van der Waals surface area contributed by atoms with Crippen molar-refractivity contribution in [3.63, 3.8) is 0 Å². The van der Waals surface area contributed by atoms with Gasteiger partial charge in [0.15, 0.2) is 0 Å². The molecular weight excluding hydrogens is 537 g/mol. The van der Waals surface area contributed by atoms with Gasteiger partial charge in [-0.1, -0.05) is 31.2 Å². The van der Waals surface area contributed by atoms with Crippen LogP contribution in [0.1, 0.15) is 44.6 Å². The Labute approximate surface area is 246 Å². The van der Waals surface area contributed by atoms with E-state index in [0.717, 1.165) is 53.9 Å². The summed E-state index contributed by atoms with van der Waals surface area (Å²) in [6.45, 7) is 5.00. The number of allylic oxidation sites excluding steroid dienone is 7. The molecule has 0 aromatic heterocycles. The lowest BCUT2D eigenvalue weighted by atomic mass is 9.93. The molecule has 1 aromatic carbocycles. The van der Waals surface area contributed by atoms with E-state index < -0.39 is 12.1 Å². The monoisotopic (exact) mass is 577 g/mol. The number of carbonyl (C=O) groups excluding carboxylic acids is 1. The van der Waals surface area contributed by atoms with Crippen LogP contribution in [0.15, 0.2) is 95.4 Å². The Kier molecular flexibility index (Phi) is 10.6. The summed E-state index contributed by atoms with van der Waals surface area (Å²) in [5, 5.41) is 16.1. The first kappa shape index (κ1) is 30.7. The fourth-order valence-electron chi connectivity index (χ4n) is 5.30. The number of nitrogens with zero attached hydrogens (tertiary/aromatic N) is 1. The van der Waals surface area contributed by atoms with Crippen LogP contribution in [0, 0.1) is 12.8 Å². The Hall–Kier alpha value is -4.27. The van der Waals surface area contributed by atoms with Gasteiger partial charge in [-0.05, 0) is 80.2 Å². The van der Waals surface area contributed by atoms with Crippen molar-refractivity contribution in [2.24, 2.45) is 5.92 Å². The first-order valence-corrected chi connectivity index (χ1v) is 14.4. The minimum absolute atomic E-state index is 0.0107. The molecule has 0 bridgehead atoms. The summed E-state index contributed by atoms with van der Waals surface area (Å²) in [5.41, 5.74) is 2.89. The predicted molar refractivity (Wildman–Crippen MR) is 161 cm³/mol. The summed E-state index contributed by atoms with van der Waals surface area (Å²) >= 11 is 0. The van der Waals surface area contributed by atoms with Crippen LogP contribution in [0.2, 0.25) is 0 Å². The number of alkyl halides is 1. The lowest BCUT2D eigenvalue weighted by Crippen LogP contribution is -2.39. The van der Waals surface area contributed by atoms with E-state index in [9.17, 15) is 14.0 Å². The number of likely N-dealkylation sites (tertiary alicyclic amines) is 1. The number of ether oxygens (including phenoxy) is 2. The fraction of sp³-hybridized carbons (Fsp3) is 0.394. The Morgan fingerprint density at radius 2 is 1.98 bits per heavy atom. The van der Waals surface area contributed by atoms with Crippen LogP contribution in [0.25, 0.3) is 0 Å². The molecule has 1 aliphatic heterocycles. The minimum atomic E-state index is -1.56. The highest BCUT2D eigenvalue weighted by atomic mass is 19.1. The Morgan fingerprint density at radius 1 is 1.17 bits per heavy atom. The van der Waals surface area contributed by atoms with Gasteiger partial charge in [0.25, 0.3) is 0 Å². The number of rotatable bonds is 12. The van der Waals surface area contributed by atoms with E-state index in [1.165, 1.54) is 18.2 Å². The zero-order valence-electron chi connectivity index (χ0n) is 24.4. The second-order valence-electron chi connectivity index (χ2n) is 10.6. The largest absolute Gasteiger partial charge is 0.499 e. The van der Waals surface area contributed by atoms with Crippen LogP contribution in [-0.4, -0.2) is 54.4 Å². The molecule has 3 unspecified atom stereocenters. The molecule has 3 atom stereocenters. The highest BCUT2D eigenvalue weighted by Crippen LogP contribution is 2.29. The molecular formula is C33H40FN3O5. The number of aryl methyl sites for hydroxylation is 1. The number of para-hydroxylation sites is 1. The maximum atomic E-state index is 14.1. The maximum Gasteiger partial charge on any atom is 0.335 e. The van der Waals surface area contributed by atoms with Crippen molar-refractivity contribution in [3.05, 3.63) is 101 Å². The number of methoxy groups -OCH3 is 1. The quantitative estimate of drug-likeness (QED) is 0.285. The van der Waals surface area contributed by atoms with E-state index in [0.29, 0.717) is 19.4 Å². The number of amides is 1. The van der Waals surface area contributed by atoms with Gasteiger partial charge in [0.05, 0.1) is 24.4 Å². The zero-order valence-corrected chi connectivity index (χ0v) is 24.4. The van der Waals surface area contributed by atoms with Crippen LogP contribution >= 0.6 is 0 Å². The van der Waals surface area contributed by atoms with Gasteiger partial charge in [0.2, 0.25) is 5.91 Å². The number of aliphatic carboxylic acids is 1. The number of halogens is 1. The van der Waals surface area contributed by atoms with Crippen molar-refractivity contribution in [3.8, 4) is 0 Å². The molecule has 1 amide bonds. The number of anilines is 1. The van der Waals surface area contributed by atoms with E-state index in [4.69, 9.17) is 14.6 Å². The number of carboxylic acids is 1. The number of benzene rings is 1. The van der Waals surface area contributed by atoms with E-state index in [1.54, 1.807) is 7.11 Å². The molecule has 0 spiro atoms. The van der Waals surface area contributed by atoms with Gasteiger partial charge < -0.3 is 30.1 Å². The van der Waals surface area contributed by atoms with Crippen molar-refractivity contribution < 1.29 is 28.6 Å². The van der Waals surface area contributed by atoms with Gasteiger partial charge in [-0.15, -0.1) is 0 Å². The summed E-state index contributed by atoms with van der Waals surface area (Å²) in [5.74, 6) is 0.741. The second-order valence-corrected chi connectivity index (χ2v) is 10.6. The molecule has 3 aliphatic rings. The first-order chi connectivity index (χ1) is 20.3. The molecule has 4 rings (SSSR count). The number of hydrogen-bond donors (Lipinski definition) is 3. The normalized spacial score (nSPS) is 22.3. The van der Waals surface area contributed by atoms with Gasteiger partial charge in [-0.3, -0.25) is 4.79 Å². The molecule has 0 saturated carbocycles. The van der Waals surface area contributed by atoms with E-state index in [1.807, 2.05) is 29.2 Å². The summed E-state index contributed by atoms with van der Waals surface area (Å²) in [7, 11) is 1.65. The topological polar surface area (TPSA) is 100 Å². The summed E-state index contributed by atoms with van der Waals surface area (Å²) in [4.78, 5) is 26.4. The Morgan fingerprint density at radius 3 is 2.71 bits per heavy atom. The summed E-state index contributed by atoms with van der Waals surface area (Å²) in [6, 6.07) is 7.97. The van der Waals surface area contributed by atoms with Crippen LogP contribution in [0.4, 0.5) is 10.1 Å². The lowest BCUT2D eigenvalue weighted by molar-refractivity contribution is -0.134. The van der Waals surface area contributed by atoms with E-state index in [2.05, 4.69) is 42.7 Å². The molecule has 224 valence electrons. The van der Waals surface area contributed by atoms with Crippen LogP contribution in [0.3, 0.4) is 0 Å². The second kappa shape index (κ2) is 14.6. The number of carbonyl (C=O) groups is 2. The fourth-order valence-corrected chi connectivity index (χ4v) is 5.30. The average molecular weight is 578 g/mol. The van der Waals surface area contributed by atoms with Gasteiger partial charge >= 0.3 is 5.97 Å². The molecule has 42 heavy (non-hydrogen) atoms. The van der Waals surface area contributed by atoms with Crippen LogP contribution < -0.4 is 10.6 Å². The van der Waals surface area contributed by atoms with Crippen molar-refractivity contribution in [2.75, 3.05) is 25.6 Å². The maximum absolute atomic E-state index is 14.1. The van der Waals surface area contributed by atoms with Crippen LogP contribution in [-0.2, 0) is 19.1 Å². The molecule has 1 heterocycles. The van der Waals surface area contributed by atoms with E-state index in [-0.39, 0.29) is 35.8 Å². The molecule has 9 heteroatoms. The number of nitrogens with one attached hydrogen (secondary N) is 2. The van der Waals surface area contributed by atoms with Gasteiger partial charge in [-0.25, -0.2) is 9.18 Å². The average Bonchev–Trinajstić information content (AvgIpc) is 3.36. The predicted octanol–water partition coefficient (Wildman–Crippen LogP) is 5.88. The molecule has 1 saturated heterocycles. The van der Waals surface area contributed by atoms with Gasteiger partial charge in [-0.2, -0.15) is 0 Å². The van der Waals surface area contributed by atoms with Crippen molar-refractivity contribution in [1.29, 1.82) is 0 Å². The first-order valence-electron chi connectivity index (χ1n) is 14.4. The van der Waals surface area contributed by atoms with Gasteiger partial charge in [0.1, 0.15) is 30.1 Å². The molecule has 3 N–H and O–H groups in total. The van der Waals surface area contributed by atoms with Crippen molar-refractivity contribution in [2.45, 2.75) is 58.2 Å². The Bertz CT molecular complexity index is 1340. The summed E-state index contributed by atoms with van der Waals surface area (Å²) < 4.78 is 25.7. The third-order valence-electron chi connectivity index (χ3n) is 7.53. The summed E-state index contributed by atoms with van der Waals surface area (Å²) in [6.07, 6.45) is 13.0. The number of hydrogen-bond acceptors (Lipinski definition) is 6. The lowest BCUT2D eigenvalue weighted by Gasteiger charge is -2.28. The molecule has 1 fully saturated rings. The minimum Gasteiger partial charge on any atom is -0.499 e. The highest BCUT2D eigenvalue weighted by molar-refractivity contribution is 5.90. The third-order valence-corrected chi connectivity index (χ3v) is 7.53. The standard InChI is InChI=1S/C33H40FN3O5/c1-4-8-31(35-28-11-6-5-9-22(28)2)36-29-15-12-23(17-30(29)41-3)18-32(38)37-16-7-10-26(37)21-42-27-14-13-24(33(39)40)19-25(34)20-27/h5-6,8-9,11-15,19-20,23,25-26,35-36H,4,7,10,16-18,21H2,1-3H3,(H,39,40)/b31-8+. The molecule has 1 aromatic rings. The van der Waals surface area contributed by atoms with E-state index >= 15 is 0 Å². The third kappa shape index (κ3) is 8.15. The van der Waals surface area contributed by atoms with Crippen molar-refractivity contribution >= 4 is 17.6 Å². The van der Waals surface area contributed by atoms with Crippen LogP contribution in [0.5, 0.6) is 0 Å². The SMILES string of the molecule is CC/C=C(/NC1=C(OC)CC(CC(=O)N2CCCC2COC2=CC(F)C=C(C(=O)O)C=C2)C=C1)Nc1ccccc1C. The molecule has 0 radical (unpaired) electrons. The Balaban J connectivity index is 1.33. The smallest absolute Gasteiger partial charge is 0.335 e. The van der Waals surface area contributed by atoms with Crippen molar-refractivity contribution in [1.82, 2.24) is 10.2 Å².